The molecule has 0 radical (unpaired) electrons. The maximum Gasteiger partial charge on any atom is 0.254 e. The number of halogens is 1. The number of benzene rings is 2. The molecule has 2 aromatic carbocycles. The number of amides is 2. The second-order valence-electron chi connectivity index (χ2n) is 6.31. The van der Waals surface area contributed by atoms with Crippen molar-refractivity contribution in [1.82, 2.24) is 14.9 Å². The van der Waals surface area contributed by atoms with E-state index >= 15 is 0 Å². The maximum atomic E-state index is 13.6. The average molecular weight is 407 g/mol. The molecule has 7 nitrogen and oxygen atoms in total. The van der Waals surface area contributed by atoms with E-state index in [2.05, 4.69) is 10.6 Å². The van der Waals surface area contributed by atoms with Crippen LogP contribution in [0.4, 0.5) is 4.39 Å². The predicted molar refractivity (Wildman–Crippen MR) is 103 cm³/mol. The van der Waals surface area contributed by atoms with E-state index in [1.165, 1.54) is 44.4 Å². The number of nitrogens with zero attached hydrogens (tertiary/aromatic N) is 1. The fourth-order valence-corrected chi connectivity index (χ4v) is 3.32. The van der Waals surface area contributed by atoms with Crippen LogP contribution in [-0.2, 0) is 14.8 Å². The highest BCUT2D eigenvalue weighted by Crippen LogP contribution is 2.18. The summed E-state index contributed by atoms with van der Waals surface area (Å²) < 4.78 is 38.8. The summed E-state index contributed by atoms with van der Waals surface area (Å²) in [6.07, 6.45) is 0. The van der Waals surface area contributed by atoms with Gasteiger partial charge in [-0.1, -0.05) is 24.3 Å². The Hall–Kier alpha value is -2.78. The van der Waals surface area contributed by atoms with Gasteiger partial charge >= 0.3 is 0 Å². The summed E-state index contributed by atoms with van der Waals surface area (Å²) in [6, 6.07) is 11.2. The fourth-order valence-electron chi connectivity index (χ4n) is 2.42. The minimum absolute atomic E-state index is 0.138. The predicted octanol–water partition coefficient (Wildman–Crippen LogP) is 1.68. The zero-order valence-electron chi connectivity index (χ0n) is 15.8. The first kappa shape index (κ1) is 21.5. The molecule has 0 heterocycles. The molecular formula is C19H22FN3O4S. The summed E-state index contributed by atoms with van der Waals surface area (Å²) in [4.78, 5) is 24.1. The Morgan fingerprint density at radius 2 is 1.68 bits per heavy atom. The summed E-state index contributed by atoms with van der Waals surface area (Å²) >= 11 is 0. The van der Waals surface area contributed by atoms with Gasteiger partial charge in [0.1, 0.15) is 5.82 Å². The largest absolute Gasteiger partial charge is 0.348 e. The Labute approximate surface area is 163 Å². The fraction of sp³-hybridized carbons (Fsp3) is 0.263. The third-order valence-electron chi connectivity index (χ3n) is 4.06. The van der Waals surface area contributed by atoms with Gasteiger partial charge in [-0.25, -0.2) is 17.1 Å². The van der Waals surface area contributed by atoms with Crippen molar-refractivity contribution in [3.63, 3.8) is 0 Å². The molecule has 1 atom stereocenters. The molecule has 0 aromatic heterocycles. The van der Waals surface area contributed by atoms with Crippen molar-refractivity contribution in [1.29, 1.82) is 0 Å². The summed E-state index contributed by atoms with van der Waals surface area (Å²) in [5.74, 6) is -1.80. The molecule has 0 aliphatic carbocycles. The number of sulfonamides is 1. The Morgan fingerprint density at radius 3 is 2.25 bits per heavy atom. The number of nitrogens with one attached hydrogen (secondary N) is 2. The highest BCUT2D eigenvalue weighted by atomic mass is 32.2. The van der Waals surface area contributed by atoms with E-state index in [4.69, 9.17) is 0 Å². The minimum Gasteiger partial charge on any atom is -0.348 e. The van der Waals surface area contributed by atoms with Crippen molar-refractivity contribution in [3.8, 4) is 0 Å². The molecule has 1 unspecified atom stereocenters. The van der Waals surface area contributed by atoms with E-state index in [0.717, 1.165) is 10.4 Å². The third-order valence-corrected chi connectivity index (χ3v) is 5.89. The lowest BCUT2D eigenvalue weighted by molar-refractivity contribution is -0.120. The van der Waals surface area contributed by atoms with Gasteiger partial charge in [0.2, 0.25) is 15.9 Å². The van der Waals surface area contributed by atoms with Crippen LogP contribution in [0, 0.1) is 5.82 Å². The molecule has 9 heteroatoms. The zero-order valence-corrected chi connectivity index (χ0v) is 16.6. The monoisotopic (exact) mass is 407 g/mol. The van der Waals surface area contributed by atoms with Crippen molar-refractivity contribution < 1.29 is 22.4 Å². The van der Waals surface area contributed by atoms with Crippen LogP contribution in [0.25, 0.3) is 0 Å². The van der Waals surface area contributed by atoms with Crippen LogP contribution < -0.4 is 10.6 Å². The molecule has 150 valence electrons. The van der Waals surface area contributed by atoms with E-state index in [1.807, 2.05) is 0 Å². The molecule has 0 fully saturated rings. The molecule has 2 amide bonds. The summed E-state index contributed by atoms with van der Waals surface area (Å²) in [7, 11) is -0.630. The first-order valence-corrected chi connectivity index (χ1v) is 9.91. The van der Waals surface area contributed by atoms with Crippen LogP contribution in [-0.4, -0.2) is 45.2 Å². The Morgan fingerprint density at radius 1 is 1.07 bits per heavy atom. The molecule has 0 aliphatic rings. The first-order chi connectivity index (χ1) is 13.1. The number of rotatable bonds is 7. The van der Waals surface area contributed by atoms with Gasteiger partial charge < -0.3 is 10.6 Å². The maximum absolute atomic E-state index is 13.6. The molecule has 0 bridgehead atoms. The van der Waals surface area contributed by atoms with Crippen LogP contribution in [0.5, 0.6) is 0 Å². The van der Waals surface area contributed by atoms with Gasteiger partial charge in [0.15, 0.2) is 0 Å². The third kappa shape index (κ3) is 5.14. The molecule has 2 N–H and O–H groups in total. The van der Waals surface area contributed by atoms with Crippen LogP contribution in [0.1, 0.15) is 28.9 Å². The summed E-state index contributed by atoms with van der Waals surface area (Å²) in [5.41, 5.74) is 0.563. The molecular weight excluding hydrogens is 385 g/mol. The van der Waals surface area contributed by atoms with Crippen molar-refractivity contribution in [2.24, 2.45) is 0 Å². The number of hydrogen-bond donors (Lipinski definition) is 2. The lowest BCUT2D eigenvalue weighted by Crippen LogP contribution is -2.38. The minimum atomic E-state index is -3.52. The van der Waals surface area contributed by atoms with E-state index in [9.17, 15) is 22.4 Å². The van der Waals surface area contributed by atoms with Gasteiger partial charge in [0.05, 0.1) is 23.0 Å². The Bertz CT molecular complexity index is 959. The first-order valence-electron chi connectivity index (χ1n) is 8.47. The number of carbonyl (C=O) groups excluding carboxylic acids is 2. The second kappa shape index (κ2) is 8.94. The highest BCUT2D eigenvalue weighted by molar-refractivity contribution is 7.89. The van der Waals surface area contributed by atoms with Crippen LogP contribution >= 0.6 is 0 Å². The lowest BCUT2D eigenvalue weighted by Gasteiger charge is -2.16. The Kier molecular flexibility index (Phi) is 6.87. The zero-order chi connectivity index (χ0) is 20.9. The van der Waals surface area contributed by atoms with E-state index in [0.29, 0.717) is 5.56 Å². The van der Waals surface area contributed by atoms with E-state index in [1.54, 1.807) is 19.1 Å². The SMILES string of the molecule is CC(NC(=O)CNC(=O)c1ccccc1F)c1ccc(S(=O)(=O)N(C)C)cc1. The van der Waals surface area contributed by atoms with Crippen molar-refractivity contribution in [3.05, 3.63) is 65.5 Å². The average Bonchev–Trinajstić information content (AvgIpc) is 2.66. The van der Waals surface area contributed by atoms with Crippen molar-refractivity contribution >= 4 is 21.8 Å². The van der Waals surface area contributed by atoms with Crippen LogP contribution in [0.2, 0.25) is 0 Å². The quantitative estimate of drug-likeness (QED) is 0.730. The highest BCUT2D eigenvalue weighted by Gasteiger charge is 2.18. The summed E-state index contributed by atoms with van der Waals surface area (Å²) in [5, 5.41) is 5.05. The van der Waals surface area contributed by atoms with E-state index < -0.39 is 33.7 Å². The van der Waals surface area contributed by atoms with Gasteiger partial charge in [-0.3, -0.25) is 9.59 Å². The molecule has 0 spiro atoms. The molecule has 0 saturated heterocycles. The number of hydrogen-bond acceptors (Lipinski definition) is 4. The van der Waals surface area contributed by atoms with Gasteiger partial charge in [0.25, 0.3) is 5.91 Å². The molecule has 2 aromatic rings. The van der Waals surface area contributed by atoms with Gasteiger partial charge in [-0.15, -0.1) is 0 Å². The van der Waals surface area contributed by atoms with Crippen molar-refractivity contribution in [2.45, 2.75) is 17.9 Å². The molecule has 0 saturated carbocycles. The van der Waals surface area contributed by atoms with Crippen LogP contribution in [0.3, 0.4) is 0 Å². The van der Waals surface area contributed by atoms with E-state index in [-0.39, 0.29) is 17.0 Å². The topological polar surface area (TPSA) is 95.6 Å². The molecule has 2 rings (SSSR count). The van der Waals surface area contributed by atoms with Crippen LogP contribution in [0.15, 0.2) is 53.4 Å². The summed E-state index contributed by atoms with van der Waals surface area (Å²) in [6.45, 7) is 1.41. The number of carbonyl (C=O) groups is 2. The van der Waals surface area contributed by atoms with Gasteiger partial charge in [0, 0.05) is 14.1 Å². The molecule has 0 aliphatic heterocycles. The Balaban J connectivity index is 1.93. The van der Waals surface area contributed by atoms with Gasteiger partial charge in [-0.2, -0.15) is 0 Å². The van der Waals surface area contributed by atoms with Gasteiger partial charge in [-0.05, 0) is 36.8 Å². The second-order valence-corrected chi connectivity index (χ2v) is 8.46. The smallest absolute Gasteiger partial charge is 0.254 e. The van der Waals surface area contributed by atoms with Crippen molar-refractivity contribution in [2.75, 3.05) is 20.6 Å². The normalized spacial score (nSPS) is 12.5. The molecule has 28 heavy (non-hydrogen) atoms. The standard InChI is InChI=1S/C19H22FN3O4S/c1-13(14-8-10-15(11-9-14)28(26,27)23(2)3)22-18(24)12-21-19(25)16-6-4-5-7-17(16)20/h4-11,13H,12H2,1-3H3,(H,21,25)(H,22,24). The lowest BCUT2D eigenvalue weighted by atomic mass is 10.1.